The van der Waals surface area contributed by atoms with Gasteiger partial charge < -0.3 is 4.90 Å². The van der Waals surface area contributed by atoms with Gasteiger partial charge >= 0.3 is 0 Å². The molecule has 0 N–H and O–H groups in total. The molecule has 19 heavy (non-hydrogen) atoms. The molecule has 2 aromatic carbocycles. The summed E-state index contributed by atoms with van der Waals surface area (Å²) < 4.78 is 0. The SMILES string of the molecule is C=CCC(C(=S)N(C)C)c1ccc2ccccc2c1. The minimum atomic E-state index is 0.229. The highest BCUT2D eigenvalue weighted by atomic mass is 32.1. The minimum Gasteiger partial charge on any atom is -0.372 e. The van der Waals surface area contributed by atoms with Crippen LogP contribution in [0.3, 0.4) is 0 Å². The first kappa shape index (κ1) is 13.8. The fourth-order valence-electron chi connectivity index (χ4n) is 2.28. The van der Waals surface area contributed by atoms with Crippen LogP contribution in [0.5, 0.6) is 0 Å². The predicted molar refractivity (Wildman–Crippen MR) is 87.8 cm³/mol. The molecule has 0 aliphatic heterocycles. The van der Waals surface area contributed by atoms with Gasteiger partial charge in [-0.25, -0.2) is 0 Å². The monoisotopic (exact) mass is 269 g/mol. The largest absolute Gasteiger partial charge is 0.372 e. The zero-order valence-corrected chi connectivity index (χ0v) is 12.3. The van der Waals surface area contributed by atoms with Crippen molar-refractivity contribution in [2.24, 2.45) is 0 Å². The maximum absolute atomic E-state index is 5.55. The predicted octanol–water partition coefficient (Wildman–Crippen LogP) is 4.39. The van der Waals surface area contributed by atoms with Crippen molar-refractivity contribution in [3.8, 4) is 0 Å². The van der Waals surface area contributed by atoms with Crippen LogP contribution in [-0.4, -0.2) is 24.0 Å². The second-order valence-corrected chi connectivity index (χ2v) is 5.33. The van der Waals surface area contributed by atoms with Crippen LogP contribution in [-0.2, 0) is 0 Å². The average molecular weight is 269 g/mol. The third-order valence-electron chi connectivity index (χ3n) is 3.32. The molecule has 0 aromatic heterocycles. The Kier molecular flexibility index (Phi) is 4.33. The molecule has 0 heterocycles. The van der Waals surface area contributed by atoms with Crippen molar-refractivity contribution in [1.82, 2.24) is 4.90 Å². The third-order valence-corrected chi connectivity index (χ3v) is 3.97. The lowest BCUT2D eigenvalue weighted by atomic mass is 9.93. The van der Waals surface area contributed by atoms with Crippen molar-refractivity contribution in [3.63, 3.8) is 0 Å². The molecule has 0 saturated heterocycles. The Morgan fingerprint density at radius 2 is 1.89 bits per heavy atom. The molecule has 0 bridgehead atoms. The molecule has 0 spiro atoms. The molecule has 2 heteroatoms. The number of hydrogen-bond donors (Lipinski definition) is 0. The van der Waals surface area contributed by atoms with E-state index in [1.54, 1.807) is 0 Å². The zero-order chi connectivity index (χ0) is 13.8. The number of fused-ring (bicyclic) bond motifs is 1. The molecule has 2 aromatic rings. The summed E-state index contributed by atoms with van der Waals surface area (Å²) in [6.07, 6.45) is 2.81. The van der Waals surface area contributed by atoms with E-state index in [4.69, 9.17) is 12.2 Å². The van der Waals surface area contributed by atoms with Gasteiger partial charge in [0.15, 0.2) is 0 Å². The molecule has 0 aliphatic carbocycles. The number of hydrogen-bond acceptors (Lipinski definition) is 1. The lowest BCUT2D eigenvalue weighted by Gasteiger charge is -2.23. The van der Waals surface area contributed by atoms with Gasteiger partial charge in [-0.05, 0) is 22.8 Å². The van der Waals surface area contributed by atoms with E-state index in [-0.39, 0.29) is 5.92 Å². The standard InChI is InChI=1S/C17H19NS/c1-4-7-16(17(19)18(2)3)15-11-10-13-8-5-6-9-14(13)12-15/h4-6,8-12,16H,1,7H2,2-3H3. The van der Waals surface area contributed by atoms with Crippen molar-refractivity contribution < 1.29 is 0 Å². The lowest BCUT2D eigenvalue weighted by Crippen LogP contribution is -2.26. The normalized spacial score (nSPS) is 12.1. The van der Waals surface area contributed by atoms with E-state index in [1.165, 1.54) is 16.3 Å². The first-order valence-corrected chi connectivity index (χ1v) is 6.85. The van der Waals surface area contributed by atoms with Crippen molar-refractivity contribution in [2.75, 3.05) is 14.1 Å². The zero-order valence-electron chi connectivity index (χ0n) is 11.5. The first-order chi connectivity index (χ1) is 9.13. The van der Waals surface area contributed by atoms with Gasteiger partial charge in [0.2, 0.25) is 0 Å². The van der Waals surface area contributed by atoms with Gasteiger partial charge in [-0.3, -0.25) is 0 Å². The highest BCUT2D eigenvalue weighted by Crippen LogP contribution is 2.26. The van der Waals surface area contributed by atoms with Gasteiger partial charge in [0.05, 0.1) is 4.99 Å². The van der Waals surface area contributed by atoms with Crippen molar-refractivity contribution in [1.29, 1.82) is 0 Å². The van der Waals surface area contributed by atoms with E-state index >= 15 is 0 Å². The summed E-state index contributed by atoms with van der Waals surface area (Å²) in [4.78, 5) is 2.97. The number of thiocarbonyl (C=S) groups is 1. The molecule has 0 amide bonds. The van der Waals surface area contributed by atoms with Crippen molar-refractivity contribution in [2.45, 2.75) is 12.3 Å². The minimum absolute atomic E-state index is 0.229. The summed E-state index contributed by atoms with van der Waals surface area (Å²) >= 11 is 5.55. The maximum Gasteiger partial charge on any atom is 0.0853 e. The van der Waals surface area contributed by atoms with Gasteiger partial charge in [0, 0.05) is 20.0 Å². The Bertz CT molecular complexity index is 601. The van der Waals surface area contributed by atoms with Gasteiger partial charge in [0.25, 0.3) is 0 Å². The third kappa shape index (κ3) is 3.02. The Labute approximate surface area is 120 Å². The van der Waals surface area contributed by atoms with Gasteiger partial charge in [-0.15, -0.1) is 6.58 Å². The van der Waals surface area contributed by atoms with Crippen LogP contribution in [0.15, 0.2) is 55.1 Å². The first-order valence-electron chi connectivity index (χ1n) is 6.44. The molecule has 0 fully saturated rings. The van der Waals surface area contributed by atoms with Crippen molar-refractivity contribution in [3.05, 3.63) is 60.7 Å². The maximum atomic E-state index is 5.55. The number of likely N-dealkylation sites (N-methyl/N-ethyl adjacent to an activating group) is 1. The average Bonchev–Trinajstić information content (AvgIpc) is 2.43. The Morgan fingerprint density at radius 3 is 2.53 bits per heavy atom. The van der Waals surface area contributed by atoms with Crippen LogP contribution in [0.2, 0.25) is 0 Å². The van der Waals surface area contributed by atoms with Gasteiger partial charge in [0.1, 0.15) is 0 Å². The summed E-state index contributed by atoms with van der Waals surface area (Å²) in [5, 5.41) is 2.52. The topological polar surface area (TPSA) is 3.24 Å². The van der Waals surface area contributed by atoms with Gasteiger partial charge in [-0.1, -0.05) is 60.8 Å². The van der Waals surface area contributed by atoms with E-state index < -0.39 is 0 Å². The lowest BCUT2D eigenvalue weighted by molar-refractivity contribution is 0.601. The quantitative estimate of drug-likeness (QED) is 0.598. The number of rotatable bonds is 4. The molecular weight excluding hydrogens is 250 g/mol. The molecule has 0 saturated carbocycles. The number of benzene rings is 2. The molecular formula is C17H19NS. The van der Waals surface area contributed by atoms with Gasteiger partial charge in [-0.2, -0.15) is 0 Å². The van der Waals surface area contributed by atoms with Crippen LogP contribution in [0.4, 0.5) is 0 Å². The van der Waals surface area contributed by atoms with E-state index in [0.29, 0.717) is 0 Å². The Morgan fingerprint density at radius 1 is 1.21 bits per heavy atom. The van der Waals surface area contributed by atoms with E-state index in [9.17, 15) is 0 Å². The molecule has 0 radical (unpaired) electrons. The summed E-state index contributed by atoms with van der Waals surface area (Å²) in [6.45, 7) is 3.85. The summed E-state index contributed by atoms with van der Waals surface area (Å²) in [7, 11) is 4.00. The molecule has 98 valence electrons. The second-order valence-electron chi connectivity index (χ2n) is 4.92. The number of allylic oxidation sites excluding steroid dienone is 1. The Hall–Kier alpha value is -1.67. The number of nitrogens with zero attached hydrogens (tertiary/aromatic N) is 1. The van der Waals surface area contributed by atoms with Crippen LogP contribution in [0.1, 0.15) is 17.9 Å². The smallest absolute Gasteiger partial charge is 0.0853 e. The molecule has 1 atom stereocenters. The fourth-order valence-corrected chi connectivity index (χ4v) is 2.51. The van der Waals surface area contributed by atoms with Crippen LogP contribution < -0.4 is 0 Å². The highest BCUT2D eigenvalue weighted by molar-refractivity contribution is 7.80. The molecule has 2 rings (SSSR count). The van der Waals surface area contributed by atoms with E-state index in [0.717, 1.165) is 11.4 Å². The van der Waals surface area contributed by atoms with Crippen molar-refractivity contribution >= 4 is 28.0 Å². The Balaban J connectivity index is 2.44. The summed E-state index contributed by atoms with van der Waals surface area (Å²) in [5.74, 6) is 0.229. The molecule has 1 unspecified atom stereocenters. The van der Waals surface area contributed by atoms with E-state index in [1.807, 2.05) is 25.1 Å². The fraction of sp³-hybridized carbons (Fsp3) is 0.235. The van der Waals surface area contributed by atoms with Crippen LogP contribution in [0.25, 0.3) is 10.8 Å². The summed E-state index contributed by atoms with van der Waals surface area (Å²) in [5.41, 5.74) is 1.26. The highest BCUT2D eigenvalue weighted by Gasteiger charge is 2.17. The van der Waals surface area contributed by atoms with Crippen LogP contribution in [0, 0.1) is 0 Å². The van der Waals surface area contributed by atoms with E-state index in [2.05, 4.69) is 49.0 Å². The van der Waals surface area contributed by atoms with Crippen LogP contribution >= 0.6 is 12.2 Å². The summed E-state index contributed by atoms with van der Waals surface area (Å²) in [6, 6.07) is 15.0. The molecule has 0 aliphatic rings. The second kappa shape index (κ2) is 5.98. The molecule has 1 nitrogen and oxygen atoms in total.